The molecule has 0 atom stereocenters. The molecule has 0 saturated heterocycles. The largest absolute Gasteiger partial charge is 0.462 e. The number of thiazole rings is 1. The van der Waals surface area contributed by atoms with E-state index in [1.807, 2.05) is 41.8 Å². The maximum Gasteiger partial charge on any atom is 0.350 e. The van der Waals surface area contributed by atoms with Crippen LogP contribution in [0.1, 0.15) is 22.3 Å². The summed E-state index contributed by atoms with van der Waals surface area (Å²) in [5.74, 6) is -0.285. The smallest absolute Gasteiger partial charge is 0.350 e. The molecule has 3 rings (SSSR count). The number of ether oxygens (including phenoxy) is 1. The third kappa shape index (κ3) is 2.49. The Kier molecular flexibility index (Phi) is 3.82. The van der Waals surface area contributed by atoms with E-state index in [1.54, 1.807) is 6.92 Å². The number of benzene rings is 1. The summed E-state index contributed by atoms with van der Waals surface area (Å²) in [7, 11) is 0. The average molecular weight is 365 g/mol. The molecule has 2 heterocycles. The van der Waals surface area contributed by atoms with E-state index in [4.69, 9.17) is 4.74 Å². The zero-order valence-electron chi connectivity index (χ0n) is 11.6. The number of imidazole rings is 1. The number of carbonyl (C=O) groups is 1. The quantitative estimate of drug-likeness (QED) is 0.650. The second-order valence-electron chi connectivity index (χ2n) is 4.51. The molecule has 0 bridgehead atoms. The molecule has 0 unspecified atom stereocenters. The monoisotopic (exact) mass is 364 g/mol. The lowest BCUT2D eigenvalue weighted by atomic mass is 10.2. The van der Waals surface area contributed by atoms with Crippen LogP contribution in [0.3, 0.4) is 0 Å². The van der Waals surface area contributed by atoms with Crippen molar-refractivity contribution in [3.05, 3.63) is 45.5 Å². The van der Waals surface area contributed by atoms with Gasteiger partial charge in [-0.25, -0.2) is 9.78 Å². The Morgan fingerprint density at radius 2 is 2.10 bits per heavy atom. The summed E-state index contributed by atoms with van der Waals surface area (Å²) < 4.78 is 8.12. The van der Waals surface area contributed by atoms with Gasteiger partial charge in [0, 0.05) is 15.7 Å². The highest BCUT2D eigenvalue weighted by molar-refractivity contribution is 9.10. The highest BCUT2D eigenvalue weighted by atomic mass is 79.9. The summed E-state index contributed by atoms with van der Waals surface area (Å²) in [6.07, 6.45) is 1.83. The van der Waals surface area contributed by atoms with Gasteiger partial charge in [-0.15, -0.1) is 0 Å². The molecule has 6 heteroatoms. The van der Waals surface area contributed by atoms with Gasteiger partial charge in [0.25, 0.3) is 0 Å². The van der Waals surface area contributed by atoms with Gasteiger partial charge in [0.15, 0.2) is 4.96 Å². The fourth-order valence-corrected chi connectivity index (χ4v) is 3.47. The minimum Gasteiger partial charge on any atom is -0.462 e. The lowest BCUT2D eigenvalue weighted by molar-refractivity contribution is 0.0531. The lowest BCUT2D eigenvalue weighted by Gasteiger charge is -2.03. The molecule has 0 N–H and O–H groups in total. The number of halogens is 1. The fourth-order valence-electron chi connectivity index (χ4n) is 2.21. The van der Waals surface area contributed by atoms with Crippen LogP contribution < -0.4 is 0 Å². The second-order valence-corrected chi connectivity index (χ2v) is 6.40. The second kappa shape index (κ2) is 5.61. The molecule has 0 spiro atoms. The molecule has 0 saturated carbocycles. The van der Waals surface area contributed by atoms with Crippen molar-refractivity contribution in [3.63, 3.8) is 0 Å². The molecule has 0 aliphatic heterocycles. The third-order valence-electron chi connectivity index (χ3n) is 3.19. The fraction of sp³-hybridized carbons (Fsp3) is 0.200. The number of aryl methyl sites for hydroxylation is 1. The number of hydrogen-bond acceptors (Lipinski definition) is 4. The summed E-state index contributed by atoms with van der Waals surface area (Å²) in [5.41, 5.74) is 2.90. The maximum absolute atomic E-state index is 12.0. The van der Waals surface area contributed by atoms with Crippen molar-refractivity contribution in [3.8, 4) is 11.3 Å². The minimum absolute atomic E-state index is 0.285. The number of hydrogen-bond donors (Lipinski definition) is 0. The Morgan fingerprint density at radius 1 is 1.38 bits per heavy atom. The summed E-state index contributed by atoms with van der Waals surface area (Å²) >= 11 is 4.79. The van der Waals surface area contributed by atoms with Gasteiger partial charge < -0.3 is 4.74 Å². The van der Waals surface area contributed by atoms with Crippen LogP contribution in [0.2, 0.25) is 0 Å². The predicted molar refractivity (Wildman–Crippen MR) is 86.9 cm³/mol. The average Bonchev–Trinajstić information content (AvgIpc) is 3.01. The Bertz CT molecular complexity index is 805. The Labute approximate surface area is 134 Å². The van der Waals surface area contributed by atoms with E-state index in [0.717, 1.165) is 26.4 Å². The first-order valence-electron chi connectivity index (χ1n) is 6.51. The van der Waals surface area contributed by atoms with Crippen molar-refractivity contribution in [2.24, 2.45) is 0 Å². The molecule has 0 radical (unpaired) electrons. The molecule has 0 amide bonds. The molecule has 0 aliphatic rings. The Morgan fingerprint density at radius 3 is 2.76 bits per heavy atom. The zero-order chi connectivity index (χ0) is 15.0. The van der Waals surface area contributed by atoms with Crippen molar-refractivity contribution < 1.29 is 9.53 Å². The van der Waals surface area contributed by atoms with Crippen molar-refractivity contribution >= 4 is 38.2 Å². The van der Waals surface area contributed by atoms with Crippen LogP contribution in [0, 0.1) is 6.92 Å². The van der Waals surface area contributed by atoms with E-state index in [9.17, 15) is 4.79 Å². The van der Waals surface area contributed by atoms with E-state index in [-0.39, 0.29) is 5.97 Å². The van der Waals surface area contributed by atoms with Gasteiger partial charge in [0.2, 0.25) is 0 Å². The maximum atomic E-state index is 12.0. The third-order valence-corrected chi connectivity index (χ3v) is 4.85. The lowest BCUT2D eigenvalue weighted by Crippen LogP contribution is -2.04. The molecule has 108 valence electrons. The van der Waals surface area contributed by atoms with Gasteiger partial charge in [-0.3, -0.25) is 4.40 Å². The van der Waals surface area contributed by atoms with Crippen molar-refractivity contribution in [2.45, 2.75) is 13.8 Å². The Hall–Kier alpha value is -1.66. The number of carbonyl (C=O) groups excluding carboxylic acids is 1. The number of nitrogens with zero attached hydrogens (tertiary/aromatic N) is 2. The molecule has 3 aromatic rings. The highest BCUT2D eigenvalue weighted by Crippen LogP contribution is 2.30. The van der Waals surface area contributed by atoms with Crippen molar-refractivity contribution in [1.82, 2.24) is 9.38 Å². The van der Waals surface area contributed by atoms with E-state index in [2.05, 4.69) is 20.9 Å². The van der Waals surface area contributed by atoms with Crippen LogP contribution in [-0.2, 0) is 4.74 Å². The number of rotatable bonds is 3. The molecule has 1 aromatic carbocycles. The van der Waals surface area contributed by atoms with Gasteiger partial charge in [-0.1, -0.05) is 39.4 Å². The molecular formula is C15H13BrN2O2S. The minimum atomic E-state index is -0.285. The SMILES string of the molecule is CCOC(=O)c1sc2ncc(-c3ccc(Br)cc3)n2c1C. The van der Waals surface area contributed by atoms with Crippen LogP contribution in [0.25, 0.3) is 16.2 Å². The highest BCUT2D eigenvalue weighted by Gasteiger charge is 2.20. The van der Waals surface area contributed by atoms with Crippen LogP contribution in [0.4, 0.5) is 0 Å². The first-order valence-corrected chi connectivity index (χ1v) is 8.12. The van der Waals surface area contributed by atoms with Gasteiger partial charge in [-0.2, -0.15) is 0 Å². The predicted octanol–water partition coefficient (Wildman–Crippen LogP) is 4.31. The zero-order valence-corrected chi connectivity index (χ0v) is 14.0. The van der Waals surface area contributed by atoms with E-state index in [1.165, 1.54) is 11.3 Å². The summed E-state index contributed by atoms with van der Waals surface area (Å²) in [6, 6.07) is 8.02. The normalized spacial score (nSPS) is 11.0. The van der Waals surface area contributed by atoms with Gasteiger partial charge >= 0.3 is 5.97 Å². The molecule has 2 aromatic heterocycles. The first-order chi connectivity index (χ1) is 10.1. The first kappa shape index (κ1) is 14.3. The van der Waals surface area contributed by atoms with Gasteiger partial charge in [0.1, 0.15) is 4.88 Å². The standard InChI is InChI=1S/C15H13BrN2O2S/c1-3-20-14(19)13-9(2)18-12(8-17-15(18)21-13)10-4-6-11(16)7-5-10/h4-8H,3H2,1-2H3. The summed E-state index contributed by atoms with van der Waals surface area (Å²) in [4.78, 5) is 17.8. The van der Waals surface area contributed by atoms with Crippen LogP contribution in [0.5, 0.6) is 0 Å². The molecule has 0 fully saturated rings. The van der Waals surface area contributed by atoms with Crippen molar-refractivity contribution in [1.29, 1.82) is 0 Å². The van der Waals surface area contributed by atoms with E-state index >= 15 is 0 Å². The van der Waals surface area contributed by atoms with E-state index in [0.29, 0.717) is 11.5 Å². The summed E-state index contributed by atoms with van der Waals surface area (Å²) in [6.45, 7) is 4.09. The van der Waals surface area contributed by atoms with Crippen molar-refractivity contribution in [2.75, 3.05) is 6.61 Å². The van der Waals surface area contributed by atoms with Gasteiger partial charge in [-0.05, 0) is 26.0 Å². The molecule has 21 heavy (non-hydrogen) atoms. The Balaban J connectivity index is 2.13. The topological polar surface area (TPSA) is 43.6 Å². The summed E-state index contributed by atoms with van der Waals surface area (Å²) in [5, 5.41) is 0. The van der Waals surface area contributed by atoms with Crippen LogP contribution in [-0.4, -0.2) is 22.0 Å². The van der Waals surface area contributed by atoms with Crippen LogP contribution >= 0.6 is 27.3 Å². The number of aromatic nitrogens is 2. The molecule has 0 aliphatic carbocycles. The molecule has 4 nitrogen and oxygen atoms in total. The number of fused-ring (bicyclic) bond motifs is 1. The molecular weight excluding hydrogens is 352 g/mol. The number of esters is 1. The van der Waals surface area contributed by atoms with Crippen LogP contribution in [0.15, 0.2) is 34.9 Å². The van der Waals surface area contributed by atoms with Gasteiger partial charge in [0.05, 0.1) is 18.5 Å². The van der Waals surface area contributed by atoms with E-state index < -0.39 is 0 Å².